The number of amides is 1. The summed E-state index contributed by atoms with van der Waals surface area (Å²) in [6.07, 6.45) is 4.43. The molecule has 1 spiro atoms. The average molecular weight is 355 g/mol. The van der Waals surface area contributed by atoms with E-state index >= 15 is 0 Å². The first-order valence-electron chi connectivity index (χ1n) is 9.10. The highest BCUT2D eigenvalue weighted by molar-refractivity contribution is 5.93. The monoisotopic (exact) mass is 355 g/mol. The van der Waals surface area contributed by atoms with Crippen LogP contribution in [0.25, 0.3) is 0 Å². The van der Waals surface area contributed by atoms with Crippen LogP contribution in [0, 0.1) is 12.8 Å². The molecule has 2 aliphatic heterocycles. The highest BCUT2D eigenvalue weighted by Crippen LogP contribution is 2.40. The molecule has 2 aromatic rings. The topological polar surface area (TPSA) is 58.8 Å². The van der Waals surface area contributed by atoms with E-state index in [2.05, 4.69) is 16.9 Å². The number of carbonyl (C=O) groups excluding carboxylic acids is 1. The normalized spacial score (nSPS) is 21.9. The molecule has 2 fully saturated rings. The molecule has 2 saturated heterocycles. The first kappa shape index (κ1) is 17.2. The zero-order chi connectivity index (χ0) is 18.1. The van der Waals surface area contributed by atoms with Crippen molar-refractivity contribution in [3.63, 3.8) is 0 Å². The Bertz CT molecular complexity index is 768. The molecule has 1 amide bonds. The molecule has 6 heteroatoms. The number of likely N-dealkylation sites (tertiary alicyclic amines) is 2. The van der Waals surface area contributed by atoms with Crippen LogP contribution in [-0.2, 0) is 11.3 Å². The zero-order valence-corrected chi connectivity index (χ0v) is 15.4. The number of carbonyl (C=O) groups is 1. The number of aromatic nitrogens is 1. The van der Waals surface area contributed by atoms with Gasteiger partial charge in [-0.3, -0.25) is 14.7 Å². The van der Waals surface area contributed by atoms with E-state index < -0.39 is 0 Å². The second-order valence-corrected chi connectivity index (χ2v) is 7.61. The van der Waals surface area contributed by atoms with Gasteiger partial charge in [0.05, 0.1) is 30.7 Å². The van der Waals surface area contributed by atoms with E-state index in [4.69, 9.17) is 9.15 Å². The van der Waals surface area contributed by atoms with Gasteiger partial charge in [0, 0.05) is 31.4 Å². The summed E-state index contributed by atoms with van der Waals surface area (Å²) in [4.78, 5) is 21.1. The maximum atomic E-state index is 12.5. The van der Waals surface area contributed by atoms with Gasteiger partial charge in [0.2, 0.25) is 0 Å². The van der Waals surface area contributed by atoms with Crippen LogP contribution in [0.3, 0.4) is 0 Å². The van der Waals surface area contributed by atoms with Crippen LogP contribution in [0.5, 0.6) is 0 Å². The molecule has 2 aliphatic rings. The third-order valence-electron chi connectivity index (χ3n) is 5.65. The predicted octanol–water partition coefficient (Wildman–Crippen LogP) is 2.35. The molecule has 0 radical (unpaired) electrons. The summed E-state index contributed by atoms with van der Waals surface area (Å²) in [5.74, 6) is 0.962. The number of ether oxygens (including phenoxy) is 1. The van der Waals surface area contributed by atoms with Crippen LogP contribution >= 0.6 is 0 Å². The van der Waals surface area contributed by atoms with Crippen molar-refractivity contribution < 1.29 is 13.9 Å². The number of rotatable bonds is 5. The average Bonchev–Trinajstić information content (AvgIpc) is 3.17. The van der Waals surface area contributed by atoms with Crippen LogP contribution in [0.2, 0.25) is 0 Å². The molecule has 4 rings (SSSR count). The fraction of sp³-hybridized carbons (Fsp3) is 0.500. The van der Waals surface area contributed by atoms with Crippen molar-refractivity contribution in [2.45, 2.75) is 25.5 Å². The van der Waals surface area contributed by atoms with Crippen molar-refractivity contribution in [2.24, 2.45) is 5.92 Å². The summed E-state index contributed by atoms with van der Waals surface area (Å²) in [5, 5.41) is 0. The van der Waals surface area contributed by atoms with E-state index in [9.17, 15) is 4.79 Å². The summed E-state index contributed by atoms with van der Waals surface area (Å²) in [6, 6.07) is 7.70. The summed E-state index contributed by atoms with van der Waals surface area (Å²) >= 11 is 0. The Morgan fingerprint density at radius 1 is 1.38 bits per heavy atom. The number of furan rings is 1. The van der Waals surface area contributed by atoms with E-state index in [-0.39, 0.29) is 11.4 Å². The van der Waals surface area contributed by atoms with Crippen molar-refractivity contribution in [3.05, 3.63) is 53.7 Å². The minimum absolute atomic E-state index is 0.00127. The lowest BCUT2D eigenvalue weighted by atomic mass is 9.84. The van der Waals surface area contributed by atoms with E-state index in [1.165, 1.54) is 0 Å². The molecule has 1 unspecified atom stereocenters. The SMILES string of the molecule is Cc1ccoc1C(=O)N1CC2(CC(COCc3ccccn3)CN2C)C1. The Balaban J connectivity index is 1.28. The van der Waals surface area contributed by atoms with Gasteiger partial charge in [-0.25, -0.2) is 0 Å². The third-order valence-corrected chi connectivity index (χ3v) is 5.65. The number of nitrogens with zero attached hydrogens (tertiary/aromatic N) is 3. The van der Waals surface area contributed by atoms with Gasteiger partial charge in [0.1, 0.15) is 0 Å². The molecule has 0 saturated carbocycles. The van der Waals surface area contributed by atoms with Gasteiger partial charge in [-0.05, 0) is 44.5 Å². The van der Waals surface area contributed by atoms with E-state index in [0.717, 1.165) is 43.9 Å². The van der Waals surface area contributed by atoms with E-state index in [1.54, 1.807) is 12.5 Å². The molecule has 4 heterocycles. The van der Waals surface area contributed by atoms with Gasteiger partial charge in [0.15, 0.2) is 5.76 Å². The zero-order valence-electron chi connectivity index (χ0n) is 15.4. The minimum atomic E-state index is 0.00127. The van der Waals surface area contributed by atoms with Crippen molar-refractivity contribution in [1.29, 1.82) is 0 Å². The minimum Gasteiger partial charge on any atom is -0.459 e. The third kappa shape index (κ3) is 3.15. The smallest absolute Gasteiger partial charge is 0.289 e. The van der Waals surface area contributed by atoms with Gasteiger partial charge in [-0.15, -0.1) is 0 Å². The standard InChI is InChI=1S/C20H25N3O3/c1-15-6-8-26-18(15)19(24)23-13-20(14-23)9-16(10-22(20)2)11-25-12-17-5-3-4-7-21-17/h3-8,16H,9-14H2,1-2H3. The number of hydrogen-bond acceptors (Lipinski definition) is 5. The van der Waals surface area contributed by atoms with Crippen LogP contribution in [0.1, 0.15) is 28.2 Å². The van der Waals surface area contributed by atoms with Crippen LogP contribution in [0.15, 0.2) is 41.1 Å². The maximum absolute atomic E-state index is 12.5. The van der Waals surface area contributed by atoms with E-state index in [0.29, 0.717) is 18.3 Å². The van der Waals surface area contributed by atoms with Gasteiger partial charge >= 0.3 is 0 Å². The molecule has 1 atom stereocenters. The second kappa shape index (κ2) is 6.85. The summed E-state index contributed by atoms with van der Waals surface area (Å²) in [7, 11) is 2.15. The van der Waals surface area contributed by atoms with Crippen molar-refractivity contribution in [1.82, 2.24) is 14.8 Å². The van der Waals surface area contributed by atoms with Gasteiger partial charge in [0.25, 0.3) is 5.91 Å². The molecular weight excluding hydrogens is 330 g/mol. The number of pyridine rings is 1. The predicted molar refractivity (Wildman–Crippen MR) is 96.7 cm³/mol. The first-order valence-corrected chi connectivity index (χ1v) is 9.10. The fourth-order valence-corrected chi connectivity index (χ4v) is 4.18. The molecule has 0 aromatic carbocycles. The Kier molecular flexibility index (Phi) is 4.54. The number of aryl methyl sites for hydroxylation is 1. The first-order chi connectivity index (χ1) is 12.6. The Hall–Kier alpha value is -2.18. The molecule has 138 valence electrons. The summed E-state index contributed by atoms with van der Waals surface area (Å²) in [6.45, 7) is 5.72. The summed E-state index contributed by atoms with van der Waals surface area (Å²) in [5.41, 5.74) is 1.95. The number of hydrogen-bond donors (Lipinski definition) is 0. The second-order valence-electron chi connectivity index (χ2n) is 7.61. The number of likely N-dealkylation sites (N-methyl/N-ethyl adjacent to an activating group) is 1. The van der Waals surface area contributed by atoms with Crippen molar-refractivity contribution in [3.8, 4) is 0 Å². The molecule has 6 nitrogen and oxygen atoms in total. The molecule has 26 heavy (non-hydrogen) atoms. The van der Waals surface area contributed by atoms with Crippen LogP contribution < -0.4 is 0 Å². The largest absolute Gasteiger partial charge is 0.459 e. The van der Waals surface area contributed by atoms with E-state index in [1.807, 2.05) is 36.1 Å². The van der Waals surface area contributed by atoms with Crippen molar-refractivity contribution in [2.75, 3.05) is 33.3 Å². The lowest BCUT2D eigenvalue weighted by Crippen LogP contribution is -2.68. The highest BCUT2D eigenvalue weighted by atomic mass is 16.5. The van der Waals surface area contributed by atoms with Crippen LogP contribution in [0.4, 0.5) is 0 Å². The Labute approximate surface area is 153 Å². The lowest BCUT2D eigenvalue weighted by molar-refractivity contribution is -0.00992. The Morgan fingerprint density at radius 3 is 2.92 bits per heavy atom. The summed E-state index contributed by atoms with van der Waals surface area (Å²) < 4.78 is 11.2. The molecular formula is C20H25N3O3. The quantitative estimate of drug-likeness (QED) is 0.824. The highest BCUT2D eigenvalue weighted by Gasteiger charge is 2.53. The van der Waals surface area contributed by atoms with Gasteiger partial charge < -0.3 is 14.1 Å². The maximum Gasteiger partial charge on any atom is 0.289 e. The molecule has 0 N–H and O–H groups in total. The molecule has 0 aliphatic carbocycles. The lowest BCUT2D eigenvalue weighted by Gasteiger charge is -2.51. The van der Waals surface area contributed by atoms with Crippen molar-refractivity contribution >= 4 is 5.91 Å². The van der Waals surface area contributed by atoms with Gasteiger partial charge in [-0.1, -0.05) is 6.07 Å². The molecule has 0 bridgehead atoms. The van der Waals surface area contributed by atoms with Crippen LogP contribution in [-0.4, -0.2) is 59.5 Å². The van der Waals surface area contributed by atoms with Gasteiger partial charge in [-0.2, -0.15) is 0 Å². The fourth-order valence-electron chi connectivity index (χ4n) is 4.18. The molecule has 2 aromatic heterocycles. The Morgan fingerprint density at radius 2 is 2.23 bits per heavy atom.